The van der Waals surface area contributed by atoms with Gasteiger partial charge in [0.05, 0.1) is 16.1 Å². The second-order valence-corrected chi connectivity index (χ2v) is 4.87. The summed E-state index contributed by atoms with van der Waals surface area (Å²) in [5.41, 5.74) is 2.40. The van der Waals surface area contributed by atoms with Gasteiger partial charge in [0.2, 0.25) is 0 Å². The molecule has 100 valence electrons. The van der Waals surface area contributed by atoms with Gasteiger partial charge in [0.15, 0.2) is 11.3 Å². The maximum Gasteiger partial charge on any atom is 0.278 e. The molecule has 0 radical (unpaired) electrons. The summed E-state index contributed by atoms with van der Waals surface area (Å²) in [5.74, 6) is -0.347. The molecule has 2 aromatic carbocycles. The van der Waals surface area contributed by atoms with Crippen LogP contribution in [0.15, 0.2) is 47.0 Å². The van der Waals surface area contributed by atoms with Crippen molar-refractivity contribution >= 4 is 34.2 Å². The fraction of sp³-hybridized carbons (Fsp3) is 0.0667. The molecule has 0 atom stereocenters. The number of carbonyl (C=O) groups excluding carboxylic acids is 1. The molecule has 0 aliphatic heterocycles. The first-order valence-electron chi connectivity index (χ1n) is 6.07. The molecule has 0 saturated carbocycles. The Morgan fingerprint density at radius 1 is 1.25 bits per heavy atom. The number of hydrogen-bond acceptors (Lipinski definition) is 3. The molecule has 0 aliphatic rings. The largest absolute Gasteiger partial charge is 0.355 e. The van der Waals surface area contributed by atoms with Crippen LogP contribution in [0.1, 0.15) is 16.1 Å². The fourth-order valence-corrected chi connectivity index (χ4v) is 2.24. The Morgan fingerprint density at radius 2 is 2.05 bits per heavy atom. The van der Waals surface area contributed by atoms with Gasteiger partial charge < -0.3 is 9.84 Å². The number of fused-ring (bicyclic) bond motifs is 1. The Bertz CT molecular complexity index is 795. The van der Waals surface area contributed by atoms with E-state index in [1.807, 2.05) is 25.1 Å². The van der Waals surface area contributed by atoms with Crippen LogP contribution in [0, 0.1) is 6.92 Å². The lowest BCUT2D eigenvalue weighted by Gasteiger charge is -2.06. The monoisotopic (exact) mass is 286 g/mol. The number of hydrogen-bond donors (Lipinski definition) is 1. The van der Waals surface area contributed by atoms with Crippen LogP contribution >= 0.6 is 11.6 Å². The third-order valence-corrected chi connectivity index (χ3v) is 3.28. The number of aryl methyl sites for hydroxylation is 1. The molecule has 0 saturated heterocycles. The zero-order valence-electron chi connectivity index (χ0n) is 10.7. The van der Waals surface area contributed by atoms with Gasteiger partial charge in [0.1, 0.15) is 0 Å². The molecule has 1 amide bonds. The van der Waals surface area contributed by atoms with Crippen molar-refractivity contribution in [3.05, 3.63) is 58.7 Å². The standard InChI is InChI=1S/C15H11ClN2O2/c1-9-6-7-12(11(16)8-9)17-15(19)14-10-4-2-3-5-13(10)20-18-14/h2-8H,1H3,(H,17,19). The summed E-state index contributed by atoms with van der Waals surface area (Å²) in [5, 5.41) is 7.71. The second kappa shape index (κ2) is 4.98. The molecule has 0 aliphatic carbocycles. The van der Waals surface area contributed by atoms with E-state index >= 15 is 0 Å². The Hall–Kier alpha value is -2.33. The smallest absolute Gasteiger partial charge is 0.278 e. The van der Waals surface area contributed by atoms with Crippen LogP contribution in [0.3, 0.4) is 0 Å². The minimum atomic E-state index is -0.347. The minimum Gasteiger partial charge on any atom is -0.355 e. The van der Waals surface area contributed by atoms with E-state index in [-0.39, 0.29) is 11.6 Å². The van der Waals surface area contributed by atoms with E-state index in [1.54, 1.807) is 24.3 Å². The molecule has 1 aromatic heterocycles. The predicted molar refractivity (Wildman–Crippen MR) is 78.2 cm³/mol. The SMILES string of the molecule is Cc1ccc(NC(=O)c2noc3ccccc23)c(Cl)c1. The van der Waals surface area contributed by atoms with Gasteiger partial charge in [-0.3, -0.25) is 4.79 Å². The van der Waals surface area contributed by atoms with Crippen LogP contribution in [0.25, 0.3) is 11.0 Å². The number of nitrogens with zero attached hydrogens (tertiary/aromatic N) is 1. The van der Waals surface area contributed by atoms with E-state index in [0.717, 1.165) is 5.56 Å². The summed E-state index contributed by atoms with van der Waals surface area (Å²) < 4.78 is 5.11. The molecular weight excluding hydrogens is 276 g/mol. The average Bonchev–Trinajstić information content (AvgIpc) is 2.86. The highest BCUT2D eigenvalue weighted by Gasteiger charge is 2.16. The van der Waals surface area contributed by atoms with Crippen LogP contribution in [0.4, 0.5) is 5.69 Å². The Kier molecular flexibility index (Phi) is 3.16. The lowest BCUT2D eigenvalue weighted by molar-refractivity contribution is 0.102. The molecule has 3 aromatic rings. The number of anilines is 1. The number of aromatic nitrogens is 1. The van der Waals surface area contributed by atoms with Crippen molar-refractivity contribution in [3.63, 3.8) is 0 Å². The molecular formula is C15H11ClN2O2. The number of amides is 1. The van der Waals surface area contributed by atoms with Crippen molar-refractivity contribution in [2.45, 2.75) is 6.92 Å². The first-order valence-corrected chi connectivity index (χ1v) is 6.45. The van der Waals surface area contributed by atoms with Crippen molar-refractivity contribution in [2.24, 2.45) is 0 Å². The second-order valence-electron chi connectivity index (χ2n) is 4.46. The van der Waals surface area contributed by atoms with Gasteiger partial charge in [-0.25, -0.2) is 0 Å². The van der Waals surface area contributed by atoms with Crippen LogP contribution in [-0.4, -0.2) is 11.1 Å². The van der Waals surface area contributed by atoms with E-state index in [2.05, 4.69) is 10.5 Å². The third kappa shape index (κ3) is 2.26. The molecule has 1 heterocycles. The minimum absolute atomic E-state index is 0.247. The molecule has 20 heavy (non-hydrogen) atoms. The number of carbonyl (C=O) groups is 1. The normalized spacial score (nSPS) is 10.7. The first kappa shape index (κ1) is 12.7. The topological polar surface area (TPSA) is 55.1 Å². The predicted octanol–water partition coefficient (Wildman–Crippen LogP) is 4.04. The number of para-hydroxylation sites is 1. The average molecular weight is 287 g/mol. The van der Waals surface area contributed by atoms with Crippen LogP contribution in [0.5, 0.6) is 0 Å². The van der Waals surface area contributed by atoms with Crippen molar-refractivity contribution in [2.75, 3.05) is 5.32 Å². The lowest BCUT2D eigenvalue weighted by atomic mass is 10.2. The van der Waals surface area contributed by atoms with E-state index in [4.69, 9.17) is 16.1 Å². The zero-order chi connectivity index (χ0) is 14.1. The van der Waals surface area contributed by atoms with Crippen molar-refractivity contribution in [3.8, 4) is 0 Å². The molecule has 0 bridgehead atoms. The summed E-state index contributed by atoms with van der Waals surface area (Å²) in [7, 11) is 0. The van der Waals surface area contributed by atoms with Crippen LogP contribution in [-0.2, 0) is 0 Å². The van der Waals surface area contributed by atoms with Crippen LogP contribution < -0.4 is 5.32 Å². The van der Waals surface area contributed by atoms with E-state index in [9.17, 15) is 4.79 Å². The highest BCUT2D eigenvalue weighted by Crippen LogP contribution is 2.24. The molecule has 0 unspecified atom stereocenters. The number of nitrogens with one attached hydrogen (secondary N) is 1. The van der Waals surface area contributed by atoms with E-state index < -0.39 is 0 Å². The summed E-state index contributed by atoms with van der Waals surface area (Å²) in [6.07, 6.45) is 0. The van der Waals surface area contributed by atoms with Crippen LogP contribution in [0.2, 0.25) is 5.02 Å². The maximum absolute atomic E-state index is 12.2. The summed E-state index contributed by atoms with van der Waals surface area (Å²) in [6, 6.07) is 12.6. The molecule has 0 fully saturated rings. The zero-order valence-corrected chi connectivity index (χ0v) is 11.4. The fourth-order valence-electron chi connectivity index (χ4n) is 1.95. The van der Waals surface area contributed by atoms with E-state index in [0.29, 0.717) is 21.7 Å². The molecule has 0 spiro atoms. The van der Waals surface area contributed by atoms with E-state index in [1.165, 1.54) is 0 Å². The lowest BCUT2D eigenvalue weighted by Crippen LogP contribution is -2.13. The molecule has 3 rings (SSSR count). The maximum atomic E-state index is 12.2. The van der Waals surface area contributed by atoms with Gasteiger partial charge in [0.25, 0.3) is 5.91 Å². The molecule has 5 heteroatoms. The van der Waals surface area contributed by atoms with Crippen molar-refractivity contribution in [1.29, 1.82) is 0 Å². The van der Waals surface area contributed by atoms with Gasteiger partial charge in [-0.2, -0.15) is 0 Å². The number of rotatable bonds is 2. The third-order valence-electron chi connectivity index (χ3n) is 2.97. The van der Waals surface area contributed by atoms with Gasteiger partial charge in [0, 0.05) is 0 Å². The Balaban J connectivity index is 1.93. The van der Waals surface area contributed by atoms with Gasteiger partial charge in [-0.05, 0) is 36.8 Å². The van der Waals surface area contributed by atoms with Crippen molar-refractivity contribution < 1.29 is 9.32 Å². The first-order chi connectivity index (χ1) is 9.65. The molecule has 4 nitrogen and oxygen atoms in total. The number of benzene rings is 2. The Labute approximate surface area is 120 Å². The number of halogens is 1. The van der Waals surface area contributed by atoms with Gasteiger partial charge in [-0.1, -0.05) is 35.0 Å². The van der Waals surface area contributed by atoms with Gasteiger partial charge >= 0.3 is 0 Å². The molecule has 1 N–H and O–H groups in total. The highest BCUT2D eigenvalue weighted by atomic mass is 35.5. The van der Waals surface area contributed by atoms with Gasteiger partial charge in [-0.15, -0.1) is 0 Å². The summed E-state index contributed by atoms with van der Waals surface area (Å²) in [6.45, 7) is 1.93. The summed E-state index contributed by atoms with van der Waals surface area (Å²) >= 11 is 6.09. The quantitative estimate of drug-likeness (QED) is 0.773. The summed E-state index contributed by atoms with van der Waals surface area (Å²) in [4.78, 5) is 12.2. The van der Waals surface area contributed by atoms with Crippen molar-refractivity contribution in [1.82, 2.24) is 5.16 Å². The Morgan fingerprint density at radius 3 is 2.85 bits per heavy atom. The highest BCUT2D eigenvalue weighted by molar-refractivity contribution is 6.34.